The normalized spacial score (nSPS) is 34.0. The lowest BCUT2D eigenvalue weighted by atomic mass is 9.87. The molecule has 3 atom stereocenters. The van der Waals surface area contributed by atoms with Crippen molar-refractivity contribution in [1.82, 2.24) is 15.1 Å². The van der Waals surface area contributed by atoms with Gasteiger partial charge in [-0.3, -0.25) is 14.5 Å². The van der Waals surface area contributed by atoms with Crippen LogP contribution >= 0.6 is 0 Å². The van der Waals surface area contributed by atoms with E-state index in [0.29, 0.717) is 12.0 Å². The van der Waals surface area contributed by atoms with Crippen LogP contribution in [0.4, 0.5) is 0 Å². The van der Waals surface area contributed by atoms with E-state index in [9.17, 15) is 9.59 Å². The minimum absolute atomic E-state index is 0.163. The Balaban J connectivity index is 1.44. The summed E-state index contributed by atoms with van der Waals surface area (Å²) in [6.45, 7) is 6.10. The lowest BCUT2D eigenvalue weighted by Gasteiger charge is -2.42. The molecule has 3 aliphatic heterocycles. The van der Waals surface area contributed by atoms with E-state index in [2.05, 4.69) is 16.6 Å². The Morgan fingerprint density at radius 1 is 1.39 bits per heavy atom. The molecule has 6 nitrogen and oxygen atoms in total. The van der Waals surface area contributed by atoms with Crippen LogP contribution in [0.3, 0.4) is 0 Å². The smallest absolute Gasteiger partial charge is 0.237 e. The number of likely N-dealkylation sites (tertiary alicyclic amines) is 1. The molecule has 3 aliphatic rings. The largest absolute Gasteiger partial charge is 0.368 e. The maximum Gasteiger partial charge on any atom is 0.237 e. The Labute approximate surface area is 138 Å². The maximum atomic E-state index is 12.0. The Hall–Kier alpha value is -1.14. The third kappa shape index (κ3) is 3.24. The first kappa shape index (κ1) is 16.7. The topological polar surface area (TPSA) is 78.7 Å². The van der Waals surface area contributed by atoms with Crippen LogP contribution in [-0.2, 0) is 9.59 Å². The van der Waals surface area contributed by atoms with Gasteiger partial charge >= 0.3 is 0 Å². The number of nitrogens with two attached hydrogens (primary N) is 1. The van der Waals surface area contributed by atoms with Crippen LogP contribution in [0.2, 0.25) is 0 Å². The highest BCUT2D eigenvalue weighted by molar-refractivity contribution is 5.85. The van der Waals surface area contributed by atoms with Gasteiger partial charge in [0.2, 0.25) is 11.8 Å². The third-order valence-corrected chi connectivity index (χ3v) is 5.95. The van der Waals surface area contributed by atoms with Crippen molar-refractivity contribution in [3.8, 4) is 0 Å². The first-order valence-electron chi connectivity index (χ1n) is 8.87. The highest BCUT2D eigenvalue weighted by atomic mass is 16.2. The van der Waals surface area contributed by atoms with E-state index in [0.717, 1.165) is 64.8 Å². The molecule has 0 aliphatic carbocycles. The summed E-state index contributed by atoms with van der Waals surface area (Å²) in [6, 6.07) is 0.484. The van der Waals surface area contributed by atoms with E-state index in [-0.39, 0.29) is 11.8 Å². The molecule has 3 rings (SSSR count). The number of hydrogen-bond acceptors (Lipinski definition) is 4. The molecule has 0 aromatic rings. The van der Waals surface area contributed by atoms with Gasteiger partial charge in [-0.15, -0.1) is 0 Å². The monoisotopic (exact) mass is 321 g/mol. The molecular weight excluding hydrogens is 292 g/mol. The van der Waals surface area contributed by atoms with E-state index >= 15 is 0 Å². The quantitative estimate of drug-likeness (QED) is 0.682. The number of nitrogens with zero attached hydrogens (tertiary/aromatic N) is 2. The number of piperidine rings is 1. The molecule has 0 saturated carbocycles. The SMILES string of the molecule is CC(=O)N1CC[C@H](CNCCN2[C@@H]3C[CH]C[C@@]2(C(N)=O)CC3)C1. The number of nitrogens with one attached hydrogen (secondary N) is 1. The third-order valence-electron chi connectivity index (χ3n) is 5.95. The van der Waals surface area contributed by atoms with Crippen LogP contribution in [0, 0.1) is 12.3 Å². The summed E-state index contributed by atoms with van der Waals surface area (Å²) in [6.07, 6.45) is 7.18. The van der Waals surface area contributed by atoms with Gasteiger partial charge in [-0.05, 0) is 51.0 Å². The Morgan fingerprint density at radius 3 is 2.91 bits per heavy atom. The van der Waals surface area contributed by atoms with E-state index < -0.39 is 5.54 Å². The molecular formula is C17H29N4O2. The summed E-state index contributed by atoms with van der Waals surface area (Å²) in [5.74, 6) is 0.566. The van der Waals surface area contributed by atoms with Gasteiger partial charge in [-0.25, -0.2) is 0 Å². The molecule has 0 aromatic heterocycles. The number of rotatable bonds is 6. The molecule has 0 unspecified atom stereocenters. The molecule has 3 N–H and O–H groups in total. The van der Waals surface area contributed by atoms with Crippen molar-refractivity contribution in [3.63, 3.8) is 0 Å². The Kier molecular flexibility index (Phi) is 4.92. The molecule has 3 heterocycles. The van der Waals surface area contributed by atoms with Crippen LogP contribution in [0.5, 0.6) is 0 Å². The van der Waals surface area contributed by atoms with Gasteiger partial charge in [0.05, 0.1) is 0 Å². The fraction of sp³-hybridized carbons (Fsp3) is 0.824. The van der Waals surface area contributed by atoms with E-state index in [1.807, 2.05) is 4.90 Å². The first-order chi connectivity index (χ1) is 11.0. The standard InChI is InChI=1S/C17H29N4O2/c1-13(22)20-9-5-14(12-20)11-19-8-10-21-15-3-2-6-17(21,7-4-15)16(18)23/h2,14-15,19H,3-12H2,1H3,(H2,18,23)/t14-,15-,17+/m1/s1. The van der Waals surface area contributed by atoms with E-state index in [4.69, 9.17) is 5.73 Å². The number of primary amides is 1. The first-order valence-corrected chi connectivity index (χ1v) is 8.87. The number of amides is 2. The van der Waals surface area contributed by atoms with Crippen LogP contribution < -0.4 is 11.1 Å². The minimum atomic E-state index is -0.427. The van der Waals surface area contributed by atoms with Gasteiger partial charge in [0.25, 0.3) is 0 Å². The highest BCUT2D eigenvalue weighted by Gasteiger charge is 2.52. The molecule has 2 amide bonds. The molecule has 0 spiro atoms. The average Bonchev–Trinajstić information content (AvgIpc) is 3.05. The molecule has 6 heteroatoms. The van der Waals surface area contributed by atoms with Crippen molar-refractivity contribution in [3.05, 3.63) is 6.42 Å². The van der Waals surface area contributed by atoms with Crippen molar-refractivity contribution >= 4 is 11.8 Å². The summed E-state index contributed by atoms with van der Waals surface area (Å²) in [5, 5.41) is 3.52. The van der Waals surface area contributed by atoms with Crippen molar-refractivity contribution in [1.29, 1.82) is 0 Å². The predicted octanol–water partition coefficient (Wildman–Crippen LogP) is 0.131. The molecule has 1 radical (unpaired) electrons. The van der Waals surface area contributed by atoms with Crippen molar-refractivity contribution in [2.75, 3.05) is 32.7 Å². The van der Waals surface area contributed by atoms with E-state index in [1.54, 1.807) is 6.92 Å². The zero-order valence-electron chi connectivity index (χ0n) is 14.1. The summed E-state index contributed by atoms with van der Waals surface area (Å²) in [7, 11) is 0. The number of fused-ring (bicyclic) bond motifs is 2. The maximum absolute atomic E-state index is 12.0. The lowest BCUT2D eigenvalue weighted by Crippen LogP contribution is -2.59. The van der Waals surface area contributed by atoms with Gasteiger partial charge in [0.15, 0.2) is 0 Å². The summed E-state index contributed by atoms with van der Waals surface area (Å²) in [5.41, 5.74) is 5.29. The lowest BCUT2D eigenvalue weighted by molar-refractivity contribution is -0.130. The fourth-order valence-electron chi connectivity index (χ4n) is 4.59. The molecule has 129 valence electrons. The zero-order valence-corrected chi connectivity index (χ0v) is 14.1. The number of carbonyl (C=O) groups is 2. The van der Waals surface area contributed by atoms with Crippen LogP contribution in [-0.4, -0.2) is 65.9 Å². The van der Waals surface area contributed by atoms with Crippen LogP contribution in [0.1, 0.15) is 39.0 Å². The summed E-state index contributed by atoms with van der Waals surface area (Å²) >= 11 is 0. The van der Waals surface area contributed by atoms with Crippen LogP contribution in [0.25, 0.3) is 0 Å². The Bertz CT molecular complexity index is 466. The highest BCUT2D eigenvalue weighted by Crippen LogP contribution is 2.43. The van der Waals surface area contributed by atoms with Gasteiger partial charge in [-0.1, -0.05) is 0 Å². The minimum Gasteiger partial charge on any atom is -0.368 e. The van der Waals surface area contributed by atoms with E-state index in [1.165, 1.54) is 0 Å². The molecule has 3 fully saturated rings. The van der Waals surface area contributed by atoms with Gasteiger partial charge < -0.3 is 16.0 Å². The second-order valence-electron chi connectivity index (χ2n) is 7.33. The molecule has 23 heavy (non-hydrogen) atoms. The summed E-state index contributed by atoms with van der Waals surface area (Å²) < 4.78 is 0. The zero-order chi connectivity index (χ0) is 16.4. The van der Waals surface area contributed by atoms with Crippen LogP contribution in [0.15, 0.2) is 0 Å². The number of hydrogen-bond donors (Lipinski definition) is 2. The molecule has 0 aromatic carbocycles. The predicted molar refractivity (Wildman–Crippen MR) is 88.4 cm³/mol. The second kappa shape index (κ2) is 6.77. The van der Waals surface area contributed by atoms with Gasteiger partial charge in [0, 0.05) is 39.1 Å². The summed E-state index contributed by atoms with van der Waals surface area (Å²) in [4.78, 5) is 27.6. The molecule has 3 saturated heterocycles. The fourth-order valence-corrected chi connectivity index (χ4v) is 4.59. The van der Waals surface area contributed by atoms with Gasteiger partial charge in [-0.2, -0.15) is 0 Å². The van der Waals surface area contributed by atoms with Crippen molar-refractivity contribution in [2.45, 2.75) is 50.6 Å². The Morgan fingerprint density at radius 2 is 2.22 bits per heavy atom. The van der Waals surface area contributed by atoms with Crippen molar-refractivity contribution < 1.29 is 9.59 Å². The average molecular weight is 321 g/mol. The second-order valence-corrected chi connectivity index (χ2v) is 7.33. The van der Waals surface area contributed by atoms with Gasteiger partial charge in [0.1, 0.15) is 5.54 Å². The molecule has 2 bridgehead atoms. The number of carbonyl (C=O) groups excluding carboxylic acids is 2. The van der Waals surface area contributed by atoms with Crippen molar-refractivity contribution in [2.24, 2.45) is 11.7 Å².